The van der Waals surface area contributed by atoms with Gasteiger partial charge in [0.05, 0.1) is 23.4 Å². The minimum atomic E-state index is -0.411. The molecular formula is C24H21N3O3S. The van der Waals surface area contributed by atoms with Gasteiger partial charge in [0.2, 0.25) is 5.91 Å². The number of ether oxygens (including phenoxy) is 1. The number of benzene rings is 3. The van der Waals surface area contributed by atoms with Gasteiger partial charge in [0.25, 0.3) is 5.91 Å². The molecule has 7 heteroatoms. The van der Waals surface area contributed by atoms with Gasteiger partial charge in [-0.15, -0.1) is 0 Å². The van der Waals surface area contributed by atoms with Gasteiger partial charge in [-0.05, 0) is 55.5 Å². The lowest BCUT2D eigenvalue weighted by Crippen LogP contribution is -2.31. The summed E-state index contributed by atoms with van der Waals surface area (Å²) >= 11 is 1.28. The Balaban J connectivity index is 1.54. The number of fused-ring (bicyclic) bond motifs is 1. The van der Waals surface area contributed by atoms with Crippen molar-refractivity contribution < 1.29 is 14.3 Å². The highest BCUT2D eigenvalue weighted by molar-refractivity contribution is 7.99. The molecule has 0 aliphatic carbocycles. The third kappa shape index (κ3) is 4.78. The van der Waals surface area contributed by atoms with E-state index in [1.54, 1.807) is 24.3 Å². The molecule has 4 aromatic rings. The second-order valence-electron chi connectivity index (χ2n) is 6.68. The number of imide groups is 1. The maximum Gasteiger partial charge on any atom is 0.257 e. The van der Waals surface area contributed by atoms with Crippen LogP contribution >= 0.6 is 11.8 Å². The predicted molar refractivity (Wildman–Crippen MR) is 122 cm³/mol. The van der Waals surface area contributed by atoms with Crippen LogP contribution in [-0.4, -0.2) is 33.7 Å². The van der Waals surface area contributed by atoms with Crippen LogP contribution in [0.1, 0.15) is 17.3 Å². The molecule has 156 valence electrons. The molecule has 0 bridgehead atoms. The summed E-state index contributed by atoms with van der Waals surface area (Å²) in [5, 5.41) is 3.10. The van der Waals surface area contributed by atoms with Crippen LogP contribution in [0.15, 0.2) is 84.0 Å². The van der Waals surface area contributed by atoms with Crippen LogP contribution in [0, 0.1) is 0 Å². The van der Waals surface area contributed by atoms with Crippen molar-refractivity contribution in [1.29, 1.82) is 0 Å². The van der Waals surface area contributed by atoms with Crippen molar-refractivity contribution >= 4 is 34.6 Å². The highest BCUT2D eigenvalue weighted by Gasteiger charge is 2.16. The molecule has 2 amide bonds. The van der Waals surface area contributed by atoms with E-state index in [0.717, 1.165) is 22.5 Å². The zero-order valence-electron chi connectivity index (χ0n) is 16.9. The van der Waals surface area contributed by atoms with Gasteiger partial charge in [-0.3, -0.25) is 19.5 Å². The summed E-state index contributed by atoms with van der Waals surface area (Å²) in [6.07, 6.45) is 0. The lowest BCUT2D eigenvalue weighted by Gasteiger charge is -2.10. The average molecular weight is 432 g/mol. The SMILES string of the molecule is CCOc1ccc(-n2c(SCC(=O)NC(=O)c3ccccc3)nc3ccccc32)cc1. The molecule has 31 heavy (non-hydrogen) atoms. The molecule has 6 nitrogen and oxygen atoms in total. The van der Waals surface area contributed by atoms with Gasteiger partial charge >= 0.3 is 0 Å². The first-order valence-corrected chi connectivity index (χ1v) is 10.9. The summed E-state index contributed by atoms with van der Waals surface area (Å²) in [7, 11) is 0. The number of carbonyl (C=O) groups is 2. The van der Waals surface area contributed by atoms with Gasteiger partial charge in [-0.1, -0.05) is 42.1 Å². The fourth-order valence-electron chi connectivity index (χ4n) is 3.16. The Bertz CT molecular complexity index is 1200. The summed E-state index contributed by atoms with van der Waals surface area (Å²) < 4.78 is 7.54. The molecule has 0 atom stereocenters. The Hall–Kier alpha value is -3.58. The molecule has 1 aromatic heterocycles. The summed E-state index contributed by atoms with van der Waals surface area (Å²) in [6, 6.07) is 24.2. The fourth-order valence-corrected chi connectivity index (χ4v) is 3.99. The Morgan fingerprint density at radius 3 is 2.42 bits per heavy atom. The largest absolute Gasteiger partial charge is 0.494 e. The quantitative estimate of drug-likeness (QED) is 0.437. The Kier molecular flexibility index (Phi) is 6.33. The number of amides is 2. The third-order valence-corrected chi connectivity index (χ3v) is 5.50. The number of imidazole rings is 1. The van der Waals surface area contributed by atoms with E-state index in [2.05, 4.69) is 10.3 Å². The van der Waals surface area contributed by atoms with Gasteiger partial charge < -0.3 is 4.74 Å². The molecule has 0 aliphatic heterocycles. The van der Waals surface area contributed by atoms with E-state index in [1.165, 1.54) is 11.8 Å². The smallest absolute Gasteiger partial charge is 0.257 e. The molecule has 0 saturated carbocycles. The molecule has 0 unspecified atom stereocenters. The highest BCUT2D eigenvalue weighted by atomic mass is 32.2. The van der Waals surface area contributed by atoms with Gasteiger partial charge in [0.15, 0.2) is 5.16 Å². The predicted octanol–water partition coefficient (Wildman–Crippen LogP) is 4.47. The van der Waals surface area contributed by atoms with Crippen LogP contribution in [0.5, 0.6) is 5.75 Å². The van der Waals surface area contributed by atoms with Crippen molar-refractivity contribution in [3.05, 3.63) is 84.4 Å². The maximum absolute atomic E-state index is 12.4. The zero-order chi connectivity index (χ0) is 21.6. The third-order valence-electron chi connectivity index (χ3n) is 4.56. The van der Waals surface area contributed by atoms with Crippen molar-refractivity contribution in [1.82, 2.24) is 14.9 Å². The molecule has 0 spiro atoms. The molecule has 0 fully saturated rings. The van der Waals surface area contributed by atoms with Crippen molar-refractivity contribution in [3.63, 3.8) is 0 Å². The van der Waals surface area contributed by atoms with Crippen molar-refractivity contribution in [2.24, 2.45) is 0 Å². The number of para-hydroxylation sites is 2. The van der Waals surface area contributed by atoms with Crippen LogP contribution in [0.25, 0.3) is 16.7 Å². The number of rotatable bonds is 7. The number of hydrogen-bond donors (Lipinski definition) is 1. The average Bonchev–Trinajstić information content (AvgIpc) is 3.17. The Labute approximate surface area is 184 Å². The molecular weight excluding hydrogens is 410 g/mol. The summed E-state index contributed by atoms with van der Waals surface area (Å²) in [6.45, 7) is 2.55. The second kappa shape index (κ2) is 9.49. The first-order chi connectivity index (χ1) is 15.2. The van der Waals surface area contributed by atoms with Crippen LogP contribution in [-0.2, 0) is 4.79 Å². The summed E-state index contributed by atoms with van der Waals surface area (Å²) in [5.74, 6) is 0.0814. The normalized spacial score (nSPS) is 10.7. The summed E-state index contributed by atoms with van der Waals surface area (Å²) in [5.41, 5.74) is 3.14. The van der Waals surface area contributed by atoms with Crippen LogP contribution in [0.2, 0.25) is 0 Å². The minimum Gasteiger partial charge on any atom is -0.494 e. The van der Waals surface area contributed by atoms with E-state index in [0.29, 0.717) is 17.3 Å². The van der Waals surface area contributed by atoms with Gasteiger partial charge in [0.1, 0.15) is 5.75 Å². The molecule has 1 N–H and O–H groups in total. The van der Waals surface area contributed by atoms with Gasteiger partial charge in [0, 0.05) is 11.3 Å². The van der Waals surface area contributed by atoms with Crippen LogP contribution in [0.4, 0.5) is 0 Å². The van der Waals surface area contributed by atoms with E-state index >= 15 is 0 Å². The standard InChI is InChI=1S/C24H21N3O3S/c1-2-30-19-14-12-18(13-15-19)27-21-11-7-6-10-20(21)25-24(27)31-16-22(28)26-23(29)17-8-4-3-5-9-17/h3-15H,2,16H2,1H3,(H,26,28,29). The Morgan fingerprint density at radius 2 is 1.68 bits per heavy atom. The molecule has 4 rings (SSSR count). The van der Waals surface area contributed by atoms with Gasteiger partial charge in [-0.2, -0.15) is 0 Å². The number of hydrogen-bond acceptors (Lipinski definition) is 5. The Morgan fingerprint density at radius 1 is 0.968 bits per heavy atom. The van der Waals surface area contributed by atoms with E-state index in [-0.39, 0.29) is 11.7 Å². The van der Waals surface area contributed by atoms with E-state index in [1.807, 2.05) is 66.1 Å². The minimum absolute atomic E-state index is 0.0684. The van der Waals surface area contributed by atoms with E-state index < -0.39 is 5.91 Å². The fraction of sp³-hybridized carbons (Fsp3) is 0.125. The summed E-state index contributed by atoms with van der Waals surface area (Å²) in [4.78, 5) is 29.3. The number of nitrogens with one attached hydrogen (secondary N) is 1. The zero-order valence-corrected chi connectivity index (χ0v) is 17.8. The van der Waals surface area contributed by atoms with Crippen molar-refractivity contribution in [3.8, 4) is 11.4 Å². The van der Waals surface area contributed by atoms with Crippen LogP contribution in [0.3, 0.4) is 0 Å². The molecule has 3 aromatic carbocycles. The lowest BCUT2D eigenvalue weighted by molar-refractivity contribution is -0.117. The number of nitrogens with zero attached hydrogens (tertiary/aromatic N) is 2. The molecule has 0 aliphatic rings. The molecule has 1 heterocycles. The molecule has 0 radical (unpaired) electrons. The van der Waals surface area contributed by atoms with Crippen molar-refractivity contribution in [2.75, 3.05) is 12.4 Å². The van der Waals surface area contributed by atoms with Crippen molar-refractivity contribution in [2.45, 2.75) is 12.1 Å². The number of thioether (sulfide) groups is 1. The van der Waals surface area contributed by atoms with E-state index in [4.69, 9.17) is 4.74 Å². The molecule has 0 saturated heterocycles. The topological polar surface area (TPSA) is 73.2 Å². The monoisotopic (exact) mass is 431 g/mol. The first kappa shape index (κ1) is 20.7. The first-order valence-electron chi connectivity index (χ1n) is 9.88. The van der Waals surface area contributed by atoms with Gasteiger partial charge in [-0.25, -0.2) is 4.98 Å². The van der Waals surface area contributed by atoms with Crippen LogP contribution < -0.4 is 10.1 Å². The number of aromatic nitrogens is 2. The second-order valence-corrected chi connectivity index (χ2v) is 7.62. The maximum atomic E-state index is 12.4. The highest BCUT2D eigenvalue weighted by Crippen LogP contribution is 2.28. The lowest BCUT2D eigenvalue weighted by atomic mass is 10.2. The van der Waals surface area contributed by atoms with E-state index in [9.17, 15) is 9.59 Å². The number of carbonyl (C=O) groups excluding carboxylic acids is 2.